The number of nitro groups is 2. The number of anilines is 2. The van der Waals surface area contributed by atoms with Crippen LogP contribution in [0.4, 0.5) is 22.7 Å². The summed E-state index contributed by atoms with van der Waals surface area (Å²) in [4.78, 5) is 37.9. The lowest BCUT2D eigenvalue weighted by molar-refractivity contribution is -0.385. The van der Waals surface area contributed by atoms with Crippen molar-refractivity contribution >= 4 is 63.0 Å². The zero-order valence-corrected chi connectivity index (χ0v) is 18.1. The Kier molecular flexibility index (Phi) is 6.17. The average molecular weight is 473 g/mol. The van der Waals surface area contributed by atoms with Crippen LogP contribution in [0, 0.1) is 20.2 Å². The second-order valence-electron chi connectivity index (χ2n) is 6.89. The topological polar surface area (TPSA) is 119 Å². The van der Waals surface area contributed by atoms with Crippen molar-refractivity contribution in [3.63, 3.8) is 0 Å². The van der Waals surface area contributed by atoms with Crippen LogP contribution >= 0.6 is 24.0 Å². The number of nitrogens with zero attached hydrogens (tertiary/aromatic N) is 4. The maximum Gasteiger partial charge on any atom is 0.270 e. The highest BCUT2D eigenvalue weighted by atomic mass is 32.2. The molecule has 4 rings (SSSR count). The molecule has 2 aliphatic rings. The maximum absolute atomic E-state index is 13.1. The number of morpholine rings is 1. The lowest BCUT2D eigenvalue weighted by Gasteiger charge is -2.30. The molecule has 0 saturated carbocycles. The van der Waals surface area contributed by atoms with Crippen molar-refractivity contribution in [2.45, 2.75) is 0 Å². The Labute approximate surface area is 191 Å². The van der Waals surface area contributed by atoms with E-state index in [1.54, 1.807) is 12.1 Å². The van der Waals surface area contributed by atoms with Gasteiger partial charge < -0.3 is 9.64 Å². The number of carbonyl (C=O) groups excluding carboxylic acids is 1. The molecule has 0 atom stereocenters. The van der Waals surface area contributed by atoms with Crippen molar-refractivity contribution < 1.29 is 19.4 Å². The number of benzene rings is 2. The SMILES string of the molecule is O=C1/C(=C/c2cc([N+](=O)[O-])ccc2N2CCOCC2)SC(=S)N1c1ccc([N+](=O)[O-])cc1. The number of hydrogen-bond donors (Lipinski definition) is 0. The number of hydrogen-bond acceptors (Lipinski definition) is 9. The zero-order chi connectivity index (χ0) is 22.8. The number of rotatable bonds is 5. The van der Waals surface area contributed by atoms with Crippen molar-refractivity contribution in [1.29, 1.82) is 0 Å². The molecule has 0 bridgehead atoms. The molecule has 2 heterocycles. The number of amides is 1. The Morgan fingerprint density at radius 1 is 1.00 bits per heavy atom. The summed E-state index contributed by atoms with van der Waals surface area (Å²) in [7, 11) is 0. The molecule has 2 aromatic rings. The fourth-order valence-electron chi connectivity index (χ4n) is 3.42. The second kappa shape index (κ2) is 9.02. The number of ether oxygens (including phenoxy) is 1. The molecule has 0 spiro atoms. The maximum atomic E-state index is 13.1. The summed E-state index contributed by atoms with van der Waals surface area (Å²) in [5, 5.41) is 22.2. The van der Waals surface area contributed by atoms with E-state index in [2.05, 4.69) is 4.90 Å². The summed E-state index contributed by atoms with van der Waals surface area (Å²) in [6.07, 6.45) is 1.60. The average Bonchev–Trinajstić information content (AvgIpc) is 3.07. The minimum atomic E-state index is -0.524. The van der Waals surface area contributed by atoms with Gasteiger partial charge in [0.25, 0.3) is 17.3 Å². The van der Waals surface area contributed by atoms with Crippen molar-refractivity contribution in [3.8, 4) is 0 Å². The number of thioether (sulfide) groups is 1. The van der Waals surface area contributed by atoms with Crippen molar-refractivity contribution in [2.75, 3.05) is 36.1 Å². The highest BCUT2D eigenvalue weighted by Gasteiger charge is 2.34. The molecule has 2 aliphatic heterocycles. The molecule has 2 fully saturated rings. The highest BCUT2D eigenvalue weighted by molar-refractivity contribution is 8.27. The Bertz CT molecular complexity index is 1150. The third-order valence-corrected chi connectivity index (χ3v) is 6.27. The predicted octanol–water partition coefficient (Wildman–Crippen LogP) is 3.75. The monoisotopic (exact) mass is 472 g/mol. The van der Waals surface area contributed by atoms with Gasteiger partial charge in [0.05, 0.1) is 33.7 Å². The molecule has 10 nitrogen and oxygen atoms in total. The number of nitro benzene ring substituents is 2. The Morgan fingerprint density at radius 2 is 1.62 bits per heavy atom. The standard InChI is InChI=1S/C20H16N4O6S2/c25-19-18(32-20(31)22(19)14-1-3-15(4-2-14)23(26)27)12-13-11-16(24(28)29)5-6-17(13)21-7-9-30-10-8-21/h1-6,11-12H,7-10H2/b18-12-. The molecule has 164 valence electrons. The molecule has 2 aromatic carbocycles. The van der Waals surface area contributed by atoms with Gasteiger partial charge >= 0.3 is 0 Å². The van der Waals surface area contributed by atoms with Crippen LogP contribution in [-0.2, 0) is 9.53 Å². The third-order valence-electron chi connectivity index (χ3n) is 4.97. The van der Waals surface area contributed by atoms with Gasteiger partial charge in [0.2, 0.25) is 0 Å². The molecule has 12 heteroatoms. The first-order chi connectivity index (χ1) is 15.3. The van der Waals surface area contributed by atoms with Crippen LogP contribution in [0.1, 0.15) is 5.56 Å². The van der Waals surface area contributed by atoms with Gasteiger partial charge in [-0.1, -0.05) is 24.0 Å². The fraction of sp³-hybridized carbons (Fsp3) is 0.200. The second-order valence-corrected chi connectivity index (χ2v) is 8.57. The summed E-state index contributed by atoms with van der Waals surface area (Å²) in [5.74, 6) is -0.395. The molecular formula is C20H16N4O6S2. The minimum absolute atomic E-state index is 0.0842. The summed E-state index contributed by atoms with van der Waals surface area (Å²) in [6, 6.07) is 10.1. The van der Waals surface area contributed by atoms with E-state index in [1.165, 1.54) is 41.3 Å². The van der Waals surface area contributed by atoms with Crippen LogP contribution in [0.25, 0.3) is 6.08 Å². The molecule has 0 unspecified atom stereocenters. The van der Waals surface area contributed by atoms with Crippen molar-refractivity contribution in [3.05, 3.63) is 73.2 Å². The number of non-ortho nitro benzene ring substituents is 2. The first kappa shape index (κ1) is 21.9. The molecular weight excluding hydrogens is 456 g/mol. The van der Waals surface area contributed by atoms with E-state index in [9.17, 15) is 25.0 Å². The van der Waals surface area contributed by atoms with E-state index in [1.807, 2.05) is 0 Å². The summed E-state index contributed by atoms with van der Waals surface area (Å²) in [5.41, 5.74) is 1.53. The van der Waals surface area contributed by atoms with Crippen molar-refractivity contribution in [1.82, 2.24) is 0 Å². The Morgan fingerprint density at radius 3 is 2.25 bits per heavy atom. The Balaban J connectivity index is 1.69. The Hall–Kier alpha value is -3.35. The summed E-state index contributed by atoms with van der Waals surface area (Å²) < 4.78 is 5.66. The van der Waals surface area contributed by atoms with E-state index in [4.69, 9.17) is 17.0 Å². The van der Waals surface area contributed by atoms with E-state index in [0.29, 0.717) is 42.5 Å². The van der Waals surface area contributed by atoms with Crippen LogP contribution in [0.5, 0.6) is 0 Å². The van der Waals surface area contributed by atoms with Gasteiger partial charge in [0.15, 0.2) is 4.32 Å². The summed E-state index contributed by atoms with van der Waals surface area (Å²) in [6.45, 7) is 2.34. The molecule has 0 N–H and O–H groups in total. The lowest BCUT2D eigenvalue weighted by atomic mass is 10.1. The first-order valence-electron chi connectivity index (χ1n) is 9.48. The van der Waals surface area contributed by atoms with Gasteiger partial charge in [-0.3, -0.25) is 29.9 Å². The quantitative estimate of drug-likeness (QED) is 0.277. The summed E-state index contributed by atoms with van der Waals surface area (Å²) >= 11 is 6.43. The van der Waals surface area contributed by atoms with E-state index < -0.39 is 15.8 Å². The van der Waals surface area contributed by atoms with Crippen LogP contribution in [0.15, 0.2) is 47.4 Å². The smallest absolute Gasteiger partial charge is 0.270 e. The zero-order valence-electron chi connectivity index (χ0n) is 16.5. The molecule has 0 aromatic heterocycles. The van der Waals surface area contributed by atoms with Crippen LogP contribution in [-0.4, -0.2) is 46.4 Å². The van der Waals surface area contributed by atoms with Gasteiger partial charge in [-0.2, -0.15) is 0 Å². The van der Waals surface area contributed by atoms with Crippen LogP contribution in [0.3, 0.4) is 0 Å². The molecule has 2 saturated heterocycles. The van der Waals surface area contributed by atoms with Crippen LogP contribution in [0.2, 0.25) is 0 Å². The van der Waals surface area contributed by atoms with E-state index in [0.717, 1.165) is 17.4 Å². The molecule has 0 radical (unpaired) electrons. The normalized spacial score (nSPS) is 17.8. The lowest BCUT2D eigenvalue weighted by Crippen LogP contribution is -2.36. The predicted molar refractivity (Wildman–Crippen MR) is 125 cm³/mol. The molecule has 0 aliphatic carbocycles. The van der Waals surface area contributed by atoms with Crippen molar-refractivity contribution in [2.24, 2.45) is 0 Å². The first-order valence-corrected chi connectivity index (χ1v) is 10.7. The van der Waals surface area contributed by atoms with Gasteiger partial charge in [-0.15, -0.1) is 0 Å². The molecule has 1 amide bonds. The van der Waals surface area contributed by atoms with Gasteiger partial charge in [-0.05, 0) is 24.3 Å². The van der Waals surface area contributed by atoms with Gasteiger partial charge in [-0.25, -0.2) is 0 Å². The highest BCUT2D eigenvalue weighted by Crippen LogP contribution is 2.38. The van der Waals surface area contributed by atoms with Crippen LogP contribution < -0.4 is 9.80 Å². The fourth-order valence-corrected chi connectivity index (χ4v) is 4.71. The van der Waals surface area contributed by atoms with E-state index in [-0.39, 0.29) is 15.7 Å². The van der Waals surface area contributed by atoms with Gasteiger partial charge in [0.1, 0.15) is 0 Å². The third kappa shape index (κ3) is 4.33. The minimum Gasteiger partial charge on any atom is -0.378 e. The number of thiocarbonyl (C=S) groups is 1. The largest absolute Gasteiger partial charge is 0.378 e. The number of carbonyl (C=O) groups is 1. The molecule has 32 heavy (non-hydrogen) atoms. The van der Waals surface area contributed by atoms with E-state index >= 15 is 0 Å². The van der Waals surface area contributed by atoms with Gasteiger partial charge in [0, 0.05) is 48.6 Å².